The van der Waals surface area contributed by atoms with Gasteiger partial charge in [0.2, 0.25) is 0 Å². The van der Waals surface area contributed by atoms with Crippen molar-refractivity contribution in [3.05, 3.63) is 0 Å². The fourth-order valence-corrected chi connectivity index (χ4v) is 0.358. The van der Waals surface area contributed by atoms with Crippen LogP contribution in [0, 0.1) is 10.8 Å². The maximum absolute atomic E-state index is 7.25. The molecule has 0 aliphatic rings. The van der Waals surface area contributed by atoms with Crippen LogP contribution in [0.25, 0.3) is 0 Å². The van der Waals surface area contributed by atoms with Crippen molar-refractivity contribution in [2.75, 3.05) is 0 Å². The molecule has 0 radical (unpaired) electrons. The van der Waals surface area contributed by atoms with Crippen LogP contribution in [0.15, 0.2) is 10.2 Å². The Labute approximate surface area is 95.9 Å². The normalized spacial score (nSPS) is 12.3. The molecule has 0 aromatic carbocycles. The van der Waals surface area contributed by atoms with Gasteiger partial charge in [-0.15, -0.1) is 0 Å². The second-order valence-electron chi connectivity index (χ2n) is 4.15. The molecule has 0 aromatic heterocycles. The number of rotatable bonds is 4. The first-order chi connectivity index (χ1) is 6.09. The minimum Gasteiger partial charge on any atom is -1.00 e. The van der Waals surface area contributed by atoms with Crippen molar-refractivity contribution in [3.63, 3.8) is 0 Å². The molecule has 0 spiro atoms. The van der Waals surface area contributed by atoms with Crippen LogP contribution in [-0.4, -0.2) is 22.7 Å². The van der Waals surface area contributed by atoms with E-state index in [1.165, 1.54) is 0 Å². The predicted molar refractivity (Wildman–Crippen MR) is 56.8 cm³/mol. The molecule has 0 atom stereocenters. The van der Waals surface area contributed by atoms with Crippen molar-refractivity contribution < 1.29 is 12.4 Å². The summed E-state index contributed by atoms with van der Waals surface area (Å²) in [6.07, 6.45) is 0. The molecule has 0 aliphatic carbocycles. The Morgan fingerprint density at radius 3 is 1.20 bits per heavy atom. The van der Waals surface area contributed by atoms with Gasteiger partial charge in [-0.05, 0) is 27.7 Å². The van der Waals surface area contributed by atoms with E-state index in [0.29, 0.717) is 0 Å². The second-order valence-corrected chi connectivity index (χ2v) is 4.15. The van der Waals surface area contributed by atoms with Gasteiger partial charge in [-0.3, -0.25) is 10.8 Å². The highest BCUT2D eigenvalue weighted by Crippen LogP contribution is 2.15. The molecular weight excluding hydrogens is 216 g/mol. The second kappa shape index (κ2) is 5.06. The van der Waals surface area contributed by atoms with Crippen LogP contribution in [-0.2, 0) is 0 Å². The standard InChI is InChI=1S/C8H18N6.ClH/c1-7(2,5(9)10)13-14-8(3,4)6(11)12;/h1-4H3,(H3,9,10)(H3,11,12);1H/p-1. The zero-order chi connectivity index (χ0) is 11.6. The third kappa shape index (κ3) is 4.73. The number of amidine groups is 2. The summed E-state index contributed by atoms with van der Waals surface area (Å²) in [6, 6.07) is 0. The van der Waals surface area contributed by atoms with Crippen LogP contribution in [0.2, 0.25) is 0 Å². The van der Waals surface area contributed by atoms with E-state index in [2.05, 4.69) is 10.2 Å². The molecule has 7 heteroatoms. The lowest BCUT2D eigenvalue weighted by Crippen LogP contribution is -3.00. The van der Waals surface area contributed by atoms with Gasteiger partial charge in [0.25, 0.3) is 0 Å². The molecule has 88 valence electrons. The molecular formula is C8H18ClN6-. The molecule has 15 heavy (non-hydrogen) atoms. The minimum absolute atomic E-state index is 0. The van der Waals surface area contributed by atoms with Crippen molar-refractivity contribution >= 4 is 11.7 Å². The number of hydrogen-bond acceptors (Lipinski definition) is 4. The van der Waals surface area contributed by atoms with Gasteiger partial charge < -0.3 is 23.9 Å². The molecule has 6 nitrogen and oxygen atoms in total. The zero-order valence-electron chi connectivity index (χ0n) is 9.43. The summed E-state index contributed by atoms with van der Waals surface area (Å²) in [7, 11) is 0. The molecule has 0 saturated heterocycles. The molecule has 0 heterocycles. The van der Waals surface area contributed by atoms with Gasteiger partial charge >= 0.3 is 0 Å². The topological polar surface area (TPSA) is 124 Å². The van der Waals surface area contributed by atoms with Crippen molar-refractivity contribution in [3.8, 4) is 0 Å². The monoisotopic (exact) mass is 233 g/mol. The lowest BCUT2D eigenvalue weighted by atomic mass is 10.1. The zero-order valence-corrected chi connectivity index (χ0v) is 10.2. The molecule has 0 amide bonds. The summed E-state index contributed by atoms with van der Waals surface area (Å²) in [5.74, 6) is -0.138. The number of nitrogens with two attached hydrogens (primary N) is 2. The number of nitrogens with one attached hydrogen (secondary N) is 2. The van der Waals surface area contributed by atoms with Gasteiger partial charge in [0.15, 0.2) is 0 Å². The van der Waals surface area contributed by atoms with Crippen LogP contribution in [0.4, 0.5) is 0 Å². The molecule has 0 fully saturated rings. The Hall–Kier alpha value is -1.17. The lowest BCUT2D eigenvalue weighted by Gasteiger charge is -2.20. The number of azo groups is 1. The van der Waals surface area contributed by atoms with E-state index < -0.39 is 11.1 Å². The third-order valence-electron chi connectivity index (χ3n) is 1.87. The van der Waals surface area contributed by atoms with E-state index >= 15 is 0 Å². The van der Waals surface area contributed by atoms with Crippen molar-refractivity contribution in [2.45, 2.75) is 38.8 Å². The summed E-state index contributed by atoms with van der Waals surface area (Å²) in [5, 5.41) is 22.3. The van der Waals surface area contributed by atoms with Crippen molar-refractivity contribution in [1.29, 1.82) is 10.8 Å². The highest BCUT2D eigenvalue weighted by atomic mass is 35.5. The molecule has 0 aliphatic heterocycles. The molecule has 0 unspecified atom stereocenters. The average Bonchev–Trinajstić information content (AvgIpc) is 2.01. The van der Waals surface area contributed by atoms with Crippen LogP contribution in [0.3, 0.4) is 0 Å². The number of halogens is 1. The smallest absolute Gasteiger partial charge is 0.132 e. The van der Waals surface area contributed by atoms with Gasteiger partial charge in [0.1, 0.15) is 22.7 Å². The Kier molecular flexibility index (Phi) is 5.49. The van der Waals surface area contributed by atoms with Crippen molar-refractivity contribution in [2.24, 2.45) is 21.7 Å². The maximum Gasteiger partial charge on any atom is 0.132 e. The van der Waals surface area contributed by atoms with Crippen LogP contribution in [0.5, 0.6) is 0 Å². The lowest BCUT2D eigenvalue weighted by molar-refractivity contribution is -0.00000429. The largest absolute Gasteiger partial charge is 1.00 e. The van der Waals surface area contributed by atoms with Crippen molar-refractivity contribution in [1.82, 2.24) is 0 Å². The summed E-state index contributed by atoms with van der Waals surface area (Å²) < 4.78 is 0. The molecule has 0 saturated carbocycles. The molecule has 6 N–H and O–H groups in total. The fraction of sp³-hybridized carbons (Fsp3) is 0.750. The van der Waals surface area contributed by atoms with Gasteiger partial charge in [-0.2, -0.15) is 10.2 Å². The van der Waals surface area contributed by atoms with Gasteiger partial charge in [-0.25, -0.2) is 0 Å². The van der Waals surface area contributed by atoms with Gasteiger partial charge in [-0.1, -0.05) is 0 Å². The first kappa shape index (κ1) is 16.3. The van der Waals surface area contributed by atoms with Gasteiger partial charge in [0.05, 0.1) is 0 Å². The first-order valence-corrected chi connectivity index (χ1v) is 4.22. The summed E-state index contributed by atoms with van der Waals surface area (Å²) in [5.41, 5.74) is 8.96. The Morgan fingerprint density at radius 2 is 1.07 bits per heavy atom. The number of nitrogens with zero attached hydrogens (tertiary/aromatic N) is 2. The average molecular weight is 234 g/mol. The minimum atomic E-state index is -0.841. The van der Waals surface area contributed by atoms with Crippen LogP contribution < -0.4 is 23.9 Å². The summed E-state index contributed by atoms with van der Waals surface area (Å²) >= 11 is 0. The van der Waals surface area contributed by atoms with Crippen LogP contribution in [0.1, 0.15) is 27.7 Å². The van der Waals surface area contributed by atoms with E-state index in [4.69, 9.17) is 22.3 Å². The highest BCUT2D eigenvalue weighted by molar-refractivity contribution is 5.87. The third-order valence-corrected chi connectivity index (χ3v) is 1.87. The summed E-state index contributed by atoms with van der Waals surface area (Å²) in [6.45, 7) is 6.70. The first-order valence-electron chi connectivity index (χ1n) is 4.22. The fourth-order valence-electron chi connectivity index (χ4n) is 0.358. The Balaban J connectivity index is 0. The SMILES string of the molecule is CC(C)(N=NC(C)(C)C(=N)N)C(=N)N.[Cl-]. The predicted octanol–water partition coefficient (Wildman–Crippen LogP) is -2.13. The Morgan fingerprint density at radius 1 is 0.867 bits per heavy atom. The van der Waals surface area contributed by atoms with E-state index in [9.17, 15) is 0 Å². The van der Waals surface area contributed by atoms with Crippen LogP contribution >= 0.6 is 0 Å². The van der Waals surface area contributed by atoms with E-state index in [1.807, 2.05) is 0 Å². The summed E-state index contributed by atoms with van der Waals surface area (Å²) in [4.78, 5) is 0. The molecule has 0 rings (SSSR count). The number of hydrogen-bond donors (Lipinski definition) is 4. The molecule has 0 bridgehead atoms. The highest BCUT2D eigenvalue weighted by Gasteiger charge is 2.25. The van der Waals surface area contributed by atoms with Gasteiger partial charge in [0, 0.05) is 0 Å². The van der Waals surface area contributed by atoms with E-state index in [-0.39, 0.29) is 24.1 Å². The maximum atomic E-state index is 7.25. The quantitative estimate of drug-likeness (QED) is 0.252. The molecule has 0 aromatic rings. The van der Waals surface area contributed by atoms with E-state index in [0.717, 1.165) is 0 Å². The van der Waals surface area contributed by atoms with E-state index in [1.54, 1.807) is 27.7 Å². The Bertz CT molecular complexity index is 253.